The normalized spacial score (nSPS) is 17.0. The van der Waals surface area contributed by atoms with E-state index in [-0.39, 0.29) is 17.4 Å². The molecule has 0 spiro atoms. The Kier molecular flexibility index (Phi) is 4.11. The van der Waals surface area contributed by atoms with E-state index >= 15 is 0 Å². The zero-order valence-corrected chi connectivity index (χ0v) is 13.2. The number of hydrogen-bond donors (Lipinski definition) is 2. The smallest absolute Gasteiger partial charge is 0.407 e. The second kappa shape index (κ2) is 6.23. The summed E-state index contributed by atoms with van der Waals surface area (Å²) in [6.45, 7) is 1.32. The van der Waals surface area contributed by atoms with E-state index in [9.17, 15) is 14.7 Å². The lowest BCUT2D eigenvalue weighted by Gasteiger charge is -2.22. The maximum atomic E-state index is 11.9. The van der Waals surface area contributed by atoms with Crippen molar-refractivity contribution >= 4 is 11.9 Å². The molecular weight excluding hydrogens is 312 g/mol. The van der Waals surface area contributed by atoms with Gasteiger partial charge in [-0.05, 0) is 24.6 Å². The molecule has 2 N–H and O–H groups in total. The summed E-state index contributed by atoms with van der Waals surface area (Å²) in [7, 11) is 1.57. The SMILES string of the molecule is CN(C(=O)O)[C@H]1CCN(c2ccc(-n3ccc(O)cc3=O)cn2)C1. The topological polar surface area (TPSA) is 98.9 Å². The molecular formula is C16H18N4O4. The largest absolute Gasteiger partial charge is 0.508 e. The van der Waals surface area contributed by atoms with Gasteiger partial charge in [-0.3, -0.25) is 9.36 Å². The first-order chi connectivity index (χ1) is 11.5. The first-order valence-corrected chi connectivity index (χ1v) is 7.54. The molecule has 1 saturated heterocycles. The molecule has 3 rings (SSSR count). The highest BCUT2D eigenvalue weighted by molar-refractivity contribution is 5.65. The highest BCUT2D eigenvalue weighted by Gasteiger charge is 2.28. The molecule has 0 bridgehead atoms. The Balaban J connectivity index is 1.76. The average Bonchev–Trinajstić information content (AvgIpc) is 3.04. The van der Waals surface area contributed by atoms with E-state index in [2.05, 4.69) is 4.98 Å². The first kappa shape index (κ1) is 15.9. The number of likely N-dealkylation sites (N-methyl/N-ethyl adjacent to an activating group) is 1. The van der Waals surface area contributed by atoms with E-state index in [0.29, 0.717) is 12.2 Å². The zero-order chi connectivity index (χ0) is 17.3. The summed E-state index contributed by atoms with van der Waals surface area (Å²) in [5, 5.41) is 18.3. The molecule has 1 fully saturated rings. The summed E-state index contributed by atoms with van der Waals surface area (Å²) in [6, 6.07) is 6.10. The van der Waals surface area contributed by atoms with Gasteiger partial charge in [0.05, 0.1) is 17.9 Å². The van der Waals surface area contributed by atoms with Gasteiger partial charge in [0.2, 0.25) is 0 Å². The van der Waals surface area contributed by atoms with Crippen LogP contribution >= 0.6 is 0 Å². The van der Waals surface area contributed by atoms with Gasteiger partial charge in [-0.15, -0.1) is 0 Å². The second-order valence-corrected chi connectivity index (χ2v) is 5.75. The third-order valence-corrected chi connectivity index (χ3v) is 4.25. The summed E-state index contributed by atoms with van der Waals surface area (Å²) in [6.07, 6.45) is 2.89. The fourth-order valence-electron chi connectivity index (χ4n) is 2.81. The van der Waals surface area contributed by atoms with Crippen LogP contribution in [-0.4, -0.2) is 56.9 Å². The first-order valence-electron chi connectivity index (χ1n) is 7.54. The molecule has 0 aliphatic carbocycles. The van der Waals surface area contributed by atoms with E-state index in [1.807, 2.05) is 4.90 Å². The lowest BCUT2D eigenvalue weighted by molar-refractivity contribution is 0.142. The van der Waals surface area contributed by atoms with Crippen LogP contribution in [0.15, 0.2) is 41.5 Å². The van der Waals surface area contributed by atoms with Gasteiger partial charge < -0.3 is 20.0 Å². The average molecular weight is 330 g/mol. The lowest BCUT2D eigenvalue weighted by atomic mass is 10.2. The molecule has 0 unspecified atom stereocenters. The molecule has 126 valence electrons. The minimum absolute atomic E-state index is 0.0521. The number of aromatic hydroxyl groups is 1. The van der Waals surface area contributed by atoms with Crippen LogP contribution in [0.25, 0.3) is 5.69 Å². The summed E-state index contributed by atoms with van der Waals surface area (Å²) in [5.41, 5.74) is 0.260. The van der Waals surface area contributed by atoms with Gasteiger partial charge in [0.1, 0.15) is 11.6 Å². The molecule has 1 amide bonds. The number of anilines is 1. The molecule has 8 nitrogen and oxygen atoms in total. The van der Waals surface area contributed by atoms with Crippen LogP contribution in [0.5, 0.6) is 5.75 Å². The zero-order valence-electron chi connectivity index (χ0n) is 13.2. The Hall–Kier alpha value is -3.03. The molecule has 24 heavy (non-hydrogen) atoms. The van der Waals surface area contributed by atoms with Crippen molar-refractivity contribution in [2.75, 3.05) is 25.0 Å². The maximum Gasteiger partial charge on any atom is 0.407 e. The minimum atomic E-state index is -0.933. The van der Waals surface area contributed by atoms with Gasteiger partial charge in [0.15, 0.2) is 0 Å². The van der Waals surface area contributed by atoms with Crippen molar-refractivity contribution in [3.63, 3.8) is 0 Å². The van der Waals surface area contributed by atoms with Crippen molar-refractivity contribution in [2.45, 2.75) is 12.5 Å². The molecule has 0 saturated carbocycles. The molecule has 8 heteroatoms. The van der Waals surface area contributed by atoms with Crippen LogP contribution in [-0.2, 0) is 0 Å². The highest BCUT2D eigenvalue weighted by atomic mass is 16.4. The standard InChI is InChI=1S/C16H18N4O4/c1-18(16(23)24)12-4-6-19(10-12)14-3-2-11(9-17-14)20-7-5-13(21)8-15(20)22/h2-3,5,7-9,12,21H,4,6,10H2,1H3,(H,23,24)/t12-/m0/s1. The molecule has 1 atom stereocenters. The number of hydrogen-bond acceptors (Lipinski definition) is 5. The number of amides is 1. The van der Waals surface area contributed by atoms with Gasteiger partial charge in [-0.2, -0.15) is 0 Å². The molecule has 0 radical (unpaired) electrons. The number of aromatic nitrogens is 2. The van der Waals surface area contributed by atoms with Crippen LogP contribution in [0.2, 0.25) is 0 Å². The van der Waals surface area contributed by atoms with Crippen molar-refractivity contribution < 1.29 is 15.0 Å². The lowest BCUT2D eigenvalue weighted by Crippen LogP contribution is -2.38. The summed E-state index contributed by atoms with van der Waals surface area (Å²) >= 11 is 0. The highest BCUT2D eigenvalue weighted by Crippen LogP contribution is 2.21. The third kappa shape index (κ3) is 3.03. The Morgan fingerprint density at radius 1 is 1.38 bits per heavy atom. The number of pyridine rings is 2. The maximum absolute atomic E-state index is 11.9. The summed E-state index contributed by atoms with van der Waals surface area (Å²) in [4.78, 5) is 30.6. The molecule has 2 aromatic heterocycles. The Morgan fingerprint density at radius 3 is 2.79 bits per heavy atom. The molecule has 1 aliphatic heterocycles. The predicted octanol–water partition coefficient (Wildman–Crippen LogP) is 1.13. The van der Waals surface area contributed by atoms with Gasteiger partial charge in [-0.1, -0.05) is 0 Å². The number of nitrogens with zero attached hydrogens (tertiary/aromatic N) is 4. The Labute approximate surface area is 138 Å². The van der Waals surface area contributed by atoms with Gasteiger partial charge in [0, 0.05) is 32.4 Å². The summed E-state index contributed by atoms with van der Waals surface area (Å²) < 4.78 is 1.39. The van der Waals surface area contributed by atoms with Crippen molar-refractivity contribution in [3.05, 3.63) is 47.0 Å². The van der Waals surface area contributed by atoms with Crippen LogP contribution in [0, 0.1) is 0 Å². The molecule has 2 aromatic rings. The number of rotatable bonds is 3. The van der Waals surface area contributed by atoms with Crippen LogP contribution in [0.3, 0.4) is 0 Å². The Morgan fingerprint density at radius 2 is 2.17 bits per heavy atom. The predicted molar refractivity (Wildman–Crippen MR) is 87.9 cm³/mol. The fraction of sp³-hybridized carbons (Fsp3) is 0.312. The van der Waals surface area contributed by atoms with E-state index in [4.69, 9.17) is 5.11 Å². The Bertz CT molecular complexity index is 802. The van der Waals surface area contributed by atoms with Crippen LogP contribution < -0.4 is 10.5 Å². The van der Waals surface area contributed by atoms with Crippen molar-refractivity contribution in [1.82, 2.24) is 14.5 Å². The van der Waals surface area contributed by atoms with E-state index in [0.717, 1.165) is 24.8 Å². The molecule has 3 heterocycles. The second-order valence-electron chi connectivity index (χ2n) is 5.75. The minimum Gasteiger partial charge on any atom is -0.508 e. The number of carboxylic acid groups (broad SMARTS) is 1. The van der Waals surface area contributed by atoms with Gasteiger partial charge >= 0.3 is 6.09 Å². The summed E-state index contributed by atoms with van der Waals surface area (Å²) in [5.74, 6) is 0.665. The van der Waals surface area contributed by atoms with E-state index in [1.54, 1.807) is 25.4 Å². The van der Waals surface area contributed by atoms with Gasteiger partial charge in [0.25, 0.3) is 5.56 Å². The molecule has 1 aliphatic rings. The fourth-order valence-corrected chi connectivity index (χ4v) is 2.81. The van der Waals surface area contributed by atoms with Crippen molar-refractivity contribution in [3.8, 4) is 11.4 Å². The monoisotopic (exact) mass is 330 g/mol. The van der Waals surface area contributed by atoms with Crippen LogP contribution in [0.4, 0.5) is 10.6 Å². The van der Waals surface area contributed by atoms with E-state index < -0.39 is 6.09 Å². The third-order valence-electron chi connectivity index (χ3n) is 4.25. The van der Waals surface area contributed by atoms with E-state index in [1.165, 1.54) is 21.7 Å². The van der Waals surface area contributed by atoms with Crippen molar-refractivity contribution in [2.24, 2.45) is 0 Å². The van der Waals surface area contributed by atoms with Crippen LogP contribution in [0.1, 0.15) is 6.42 Å². The van der Waals surface area contributed by atoms with Crippen molar-refractivity contribution in [1.29, 1.82) is 0 Å². The number of carbonyl (C=O) groups is 1. The quantitative estimate of drug-likeness (QED) is 0.875. The van der Waals surface area contributed by atoms with Gasteiger partial charge in [-0.25, -0.2) is 9.78 Å². The molecule has 0 aromatic carbocycles.